The molecule has 10 atom stereocenters. The van der Waals surface area contributed by atoms with Gasteiger partial charge >= 0.3 is 5.97 Å². The number of esters is 1. The van der Waals surface area contributed by atoms with E-state index in [0.29, 0.717) is 13.2 Å². The van der Waals surface area contributed by atoms with Crippen molar-refractivity contribution in [2.24, 2.45) is 5.92 Å². The molecule has 48 heavy (non-hydrogen) atoms. The molecule has 0 aliphatic carbocycles. The maximum Gasteiger partial charge on any atom is 0.338 e. The smallest absolute Gasteiger partial charge is 0.338 e. The van der Waals surface area contributed by atoms with Gasteiger partial charge in [-0.15, -0.1) is 0 Å². The zero-order valence-corrected chi connectivity index (χ0v) is 27.8. The first-order valence-corrected chi connectivity index (χ1v) is 16.1. The molecule has 3 aromatic rings. The molecule has 0 saturated carbocycles. The van der Waals surface area contributed by atoms with Gasteiger partial charge in [-0.05, 0) is 16.7 Å². The Hall–Kier alpha value is -3.23. The maximum atomic E-state index is 13.3. The largest absolute Gasteiger partial charge is 0.459 e. The standard InChI is InChI=1S/C37H46O11/c1-24-30(47-37-34(41-3)32(40-2)29(38)33(48-37)35(39)45-22-27-18-12-7-13-19-27)28(23-43-20-25-14-8-5-9-15-25)46-36(42-4)31(24)44-21-26-16-10-6-11-17-26/h5-19,24,28-34,36-38H,20-23H2,1-4H3/t24?,28-,29-,30-,31?,32+,33?,34?,36-,37+/m0/s1. The van der Waals surface area contributed by atoms with E-state index in [2.05, 4.69) is 0 Å². The molecule has 2 saturated heterocycles. The SMILES string of the molecule is COC1[C@H](O[C@H]2C(C)C(OCc3ccccc3)[C@@H](OC)O[C@H]2COCc2ccccc2)OC(C(=O)OCc2ccccc2)[C@@H](O)[C@H]1OC. The van der Waals surface area contributed by atoms with Gasteiger partial charge in [0.05, 0.1) is 25.9 Å². The van der Waals surface area contributed by atoms with Crippen LogP contribution in [-0.4, -0.2) is 94.3 Å². The highest BCUT2D eigenvalue weighted by molar-refractivity contribution is 5.75. The Morgan fingerprint density at radius 2 is 1.23 bits per heavy atom. The second kappa shape index (κ2) is 18.0. The van der Waals surface area contributed by atoms with Gasteiger partial charge in [-0.2, -0.15) is 0 Å². The highest BCUT2D eigenvalue weighted by atomic mass is 16.8. The number of carbonyl (C=O) groups is 1. The summed E-state index contributed by atoms with van der Waals surface area (Å²) < 4.78 is 54.5. The number of hydrogen-bond acceptors (Lipinski definition) is 11. The first-order chi connectivity index (χ1) is 23.4. The summed E-state index contributed by atoms with van der Waals surface area (Å²) >= 11 is 0. The van der Waals surface area contributed by atoms with Crippen LogP contribution in [-0.2, 0) is 67.2 Å². The van der Waals surface area contributed by atoms with Gasteiger partial charge in [-0.1, -0.05) is 97.9 Å². The molecule has 5 rings (SSSR count). The van der Waals surface area contributed by atoms with E-state index in [1.54, 1.807) is 7.11 Å². The number of methoxy groups -OCH3 is 3. The van der Waals surface area contributed by atoms with Crippen molar-refractivity contribution < 1.29 is 52.5 Å². The van der Waals surface area contributed by atoms with Gasteiger partial charge in [0, 0.05) is 27.2 Å². The number of aliphatic hydroxyl groups is 1. The predicted octanol–water partition coefficient (Wildman–Crippen LogP) is 4.04. The Kier molecular flexibility index (Phi) is 13.5. The summed E-state index contributed by atoms with van der Waals surface area (Å²) in [6, 6.07) is 28.9. The Balaban J connectivity index is 1.36. The second-order valence-electron chi connectivity index (χ2n) is 11.9. The van der Waals surface area contributed by atoms with E-state index in [0.717, 1.165) is 16.7 Å². The van der Waals surface area contributed by atoms with Crippen LogP contribution < -0.4 is 0 Å². The van der Waals surface area contributed by atoms with E-state index >= 15 is 0 Å². The molecule has 0 bridgehead atoms. The van der Waals surface area contributed by atoms with Crippen molar-refractivity contribution in [3.63, 3.8) is 0 Å². The predicted molar refractivity (Wildman–Crippen MR) is 173 cm³/mol. The molecule has 3 aromatic carbocycles. The zero-order chi connectivity index (χ0) is 33.9. The Morgan fingerprint density at radius 3 is 1.79 bits per heavy atom. The molecule has 2 fully saturated rings. The van der Waals surface area contributed by atoms with Crippen molar-refractivity contribution in [1.29, 1.82) is 0 Å². The van der Waals surface area contributed by atoms with E-state index < -0.39 is 61.3 Å². The summed E-state index contributed by atoms with van der Waals surface area (Å²) in [4.78, 5) is 13.3. The lowest BCUT2D eigenvalue weighted by atomic mass is 9.89. The fraction of sp³-hybridized carbons (Fsp3) is 0.486. The first kappa shape index (κ1) is 36.1. The highest BCUT2D eigenvalue weighted by Gasteiger charge is 2.53. The maximum absolute atomic E-state index is 13.3. The fourth-order valence-corrected chi connectivity index (χ4v) is 6.11. The molecule has 0 radical (unpaired) electrons. The van der Waals surface area contributed by atoms with E-state index in [1.807, 2.05) is 97.9 Å². The molecule has 11 heteroatoms. The number of benzene rings is 3. The van der Waals surface area contributed by atoms with E-state index in [1.165, 1.54) is 14.2 Å². The quantitative estimate of drug-likeness (QED) is 0.237. The molecular weight excluding hydrogens is 620 g/mol. The highest BCUT2D eigenvalue weighted by Crippen LogP contribution is 2.36. The minimum atomic E-state index is -1.40. The molecule has 0 spiro atoms. The van der Waals surface area contributed by atoms with E-state index in [9.17, 15) is 9.90 Å². The lowest BCUT2D eigenvalue weighted by molar-refractivity contribution is -0.354. The molecule has 2 aliphatic rings. The number of rotatable bonds is 15. The minimum Gasteiger partial charge on any atom is -0.459 e. The van der Waals surface area contributed by atoms with Gasteiger partial charge in [-0.3, -0.25) is 0 Å². The van der Waals surface area contributed by atoms with Gasteiger partial charge in [-0.25, -0.2) is 4.79 Å². The average molecular weight is 667 g/mol. The Morgan fingerprint density at radius 1 is 0.667 bits per heavy atom. The minimum absolute atomic E-state index is 0.0102. The van der Waals surface area contributed by atoms with Crippen LogP contribution in [0.15, 0.2) is 91.0 Å². The zero-order valence-electron chi connectivity index (χ0n) is 27.8. The Bertz CT molecular complexity index is 1360. The Labute approximate surface area is 281 Å². The monoisotopic (exact) mass is 666 g/mol. The van der Waals surface area contributed by atoms with Crippen LogP contribution in [0.2, 0.25) is 0 Å². The van der Waals surface area contributed by atoms with Crippen LogP contribution in [0.25, 0.3) is 0 Å². The third-order valence-corrected chi connectivity index (χ3v) is 8.70. The topological polar surface area (TPSA) is 120 Å². The molecule has 4 unspecified atom stereocenters. The van der Waals surface area contributed by atoms with E-state index in [4.69, 9.17) is 42.6 Å². The second-order valence-corrected chi connectivity index (χ2v) is 11.9. The van der Waals surface area contributed by atoms with Crippen LogP contribution in [0.3, 0.4) is 0 Å². The van der Waals surface area contributed by atoms with Crippen molar-refractivity contribution in [2.45, 2.75) is 82.1 Å². The number of hydrogen-bond donors (Lipinski definition) is 1. The van der Waals surface area contributed by atoms with Crippen molar-refractivity contribution in [3.8, 4) is 0 Å². The van der Waals surface area contributed by atoms with Crippen LogP contribution in [0.1, 0.15) is 23.6 Å². The van der Waals surface area contributed by atoms with Gasteiger partial charge < -0.3 is 47.7 Å². The van der Waals surface area contributed by atoms with Gasteiger partial charge in [0.15, 0.2) is 18.7 Å². The van der Waals surface area contributed by atoms with Gasteiger partial charge in [0.2, 0.25) is 0 Å². The van der Waals surface area contributed by atoms with Gasteiger partial charge in [0.25, 0.3) is 0 Å². The number of carbonyl (C=O) groups excluding carboxylic acids is 1. The summed E-state index contributed by atoms with van der Waals surface area (Å²) in [6.45, 7) is 2.85. The molecule has 0 amide bonds. The summed E-state index contributed by atoms with van der Waals surface area (Å²) in [6.07, 6.45) is -8.35. The third-order valence-electron chi connectivity index (χ3n) is 8.70. The summed E-state index contributed by atoms with van der Waals surface area (Å²) in [5, 5.41) is 11.2. The lowest BCUT2D eigenvalue weighted by Gasteiger charge is -2.48. The summed E-state index contributed by atoms with van der Waals surface area (Å²) in [5.41, 5.74) is 2.80. The van der Waals surface area contributed by atoms with Crippen LogP contribution in [0.4, 0.5) is 0 Å². The van der Waals surface area contributed by atoms with Crippen LogP contribution in [0.5, 0.6) is 0 Å². The van der Waals surface area contributed by atoms with Crippen molar-refractivity contribution in [2.75, 3.05) is 27.9 Å². The van der Waals surface area contributed by atoms with Crippen molar-refractivity contribution in [3.05, 3.63) is 108 Å². The lowest BCUT2D eigenvalue weighted by Crippen LogP contribution is -2.64. The number of ether oxygens (including phenoxy) is 9. The fourth-order valence-electron chi connectivity index (χ4n) is 6.11. The normalized spacial score (nSPS) is 30.5. The van der Waals surface area contributed by atoms with Crippen LogP contribution >= 0.6 is 0 Å². The average Bonchev–Trinajstić information content (AvgIpc) is 3.12. The molecule has 11 nitrogen and oxygen atoms in total. The molecular formula is C37H46O11. The van der Waals surface area contributed by atoms with Crippen molar-refractivity contribution in [1.82, 2.24) is 0 Å². The molecule has 1 N–H and O–H groups in total. The van der Waals surface area contributed by atoms with Gasteiger partial charge in [0.1, 0.15) is 37.1 Å². The number of aliphatic hydroxyl groups excluding tert-OH is 1. The van der Waals surface area contributed by atoms with Crippen molar-refractivity contribution >= 4 is 5.97 Å². The summed E-state index contributed by atoms with van der Waals surface area (Å²) in [7, 11) is 4.46. The van der Waals surface area contributed by atoms with Crippen LogP contribution in [0, 0.1) is 5.92 Å². The third kappa shape index (κ3) is 9.06. The first-order valence-electron chi connectivity index (χ1n) is 16.1. The van der Waals surface area contributed by atoms with E-state index in [-0.39, 0.29) is 19.1 Å². The molecule has 2 heterocycles. The molecule has 0 aromatic heterocycles. The summed E-state index contributed by atoms with van der Waals surface area (Å²) in [5.74, 6) is -1.06. The molecule has 2 aliphatic heterocycles. The molecule has 260 valence electrons.